The molecule has 1 atom stereocenters. The molecule has 4 rings (SSSR count). The number of rotatable bonds is 5. The third-order valence-corrected chi connectivity index (χ3v) is 5.99. The van der Waals surface area contributed by atoms with Crippen LogP contribution in [0.1, 0.15) is 55.0 Å². The zero-order valence-corrected chi connectivity index (χ0v) is 17.2. The average Bonchev–Trinajstić information content (AvgIpc) is 2.70. The van der Waals surface area contributed by atoms with Crippen LogP contribution in [0.5, 0.6) is 5.75 Å². The Morgan fingerprint density at radius 3 is 2.82 bits per heavy atom. The van der Waals surface area contributed by atoms with E-state index in [4.69, 9.17) is 4.74 Å². The Labute approximate surface area is 167 Å². The van der Waals surface area contributed by atoms with Crippen LogP contribution >= 0.6 is 0 Å². The fourth-order valence-corrected chi connectivity index (χ4v) is 4.72. The summed E-state index contributed by atoms with van der Waals surface area (Å²) in [4.78, 5) is 14.9. The van der Waals surface area contributed by atoms with Crippen LogP contribution in [-0.2, 0) is 12.8 Å². The van der Waals surface area contributed by atoms with Crippen molar-refractivity contribution in [3.05, 3.63) is 52.6 Å². The Bertz CT molecular complexity index is 890. The van der Waals surface area contributed by atoms with Gasteiger partial charge in [-0.25, -0.2) is 4.79 Å². The van der Waals surface area contributed by atoms with Gasteiger partial charge in [-0.05, 0) is 67.0 Å². The number of nitrogens with one attached hydrogen (secondary N) is 1. The number of hydrogen-bond acceptors (Lipinski definition) is 3. The van der Waals surface area contributed by atoms with Crippen LogP contribution in [0.3, 0.4) is 0 Å². The molecule has 1 amide bonds. The van der Waals surface area contributed by atoms with Crippen molar-refractivity contribution in [2.24, 2.45) is 0 Å². The van der Waals surface area contributed by atoms with Crippen LogP contribution in [0.2, 0.25) is 0 Å². The summed E-state index contributed by atoms with van der Waals surface area (Å²) < 4.78 is 5.84. The number of ether oxygens (including phenoxy) is 1. The smallest absolute Gasteiger partial charge is 0.409 e. The second-order valence-corrected chi connectivity index (χ2v) is 7.95. The molecule has 1 unspecified atom stereocenters. The summed E-state index contributed by atoms with van der Waals surface area (Å²) in [6.07, 6.45) is 3.77. The molecule has 1 N–H and O–H groups in total. The summed E-state index contributed by atoms with van der Waals surface area (Å²) in [5, 5.41) is 2.84. The molecule has 1 aliphatic carbocycles. The summed E-state index contributed by atoms with van der Waals surface area (Å²) in [6.45, 7) is 9.19. The van der Waals surface area contributed by atoms with E-state index in [0.29, 0.717) is 18.3 Å². The van der Waals surface area contributed by atoms with Gasteiger partial charge in [0.2, 0.25) is 0 Å². The molecule has 2 aliphatic rings. The molecule has 0 saturated heterocycles. The van der Waals surface area contributed by atoms with Gasteiger partial charge in [-0.2, -0.15) is 0 Å². The summed E-state index contributed by atoms with van der Waals surface area (Å²) in [6, 6.07) is 11.4. The van der Waals surface area contributed by atoms with E-state index in [9.17, 15) is 4.79 Å². The number of nitrogens with zero attached hydrogens (tertiary/aromatic N) is 1. The van der Waals surface area contributed by atoms with Gasteiger partial charge in [0.05, 0.1) is 0 Å². The SMILES string of the molecule is CCCNC(=O)Oc1c(C)ccc2c1-c1cccc3c1C(C2)N(CCC)CC3. The van der Waals surface area contributed by atoms with Gasteiger partial charge in [0, 0.05) is 24.7 Å². The van der Waals surface area contributed by atoms with Crippen molar-refractivity contribution in [1.29, 1.82) is 0 Å². The zero-order valence-electron chi connectivity index (χ0n) is 17.2. The second kappa shape index (κ2) is 7.96. The van der Waals surface area contributed by atoms with E-state index in [2.05, 4.69) is 47.5 Å². The minimum atomic E-state index is -0.363. The van der Waals surface area contributed by atoms with Gasteiger partial charge < -0.3 is 10.1 Å². The van der Waals surface area contributed by atoms with E-state index in [-0.39, 0.29) is 6.09 Å². The lowest BCUT2D eigenvalue weighted by molar-refractivity contribution is 0.182. The highest BCUT2D eigenvalue weighted by Gasteiger charge is 2.35. The molecule has 28 heavy (non-hydrogen) atoms. The molecule has 0 aromatic heterocycles. The Morgan fingerprint density at radius 2 is 2.04 bits per heavy atom. The molecule has 1 aliphatic heterocycles. The van der Waals surface area contributed by atoms with Gasteiger partial charge in [-0.1, -0.05) is 44.2 Å². The minimum Gasteiger partial charge on any atom is -0.409 e. The number of aryl methyl sites for hydroxylation is 1. The van der Waals surface area contributed by atoms with Crippen molar-refractivity contribution >= 4 is 6.09 Å². The molecular weight excluding hydrogens is 348 g/mol. The van der Waals surface area contributed by atoms with Crippen molar-refractivity contribution in [2.45, 2.75) is 52.5 Å². The Balaban J connectivity index is 1.80. The summed E-state index contributed by atoms with van der Waals surface area (Å²) in [7, 11) is 0. The second-order valence-electron chi connectivity index (χ2n) is 7.95. The Morgan fingerprint density at radius 1 is 1.18 bits per heavy atom. The van der Waals surface area contributed by atoms with Crippen LogP contribution in [0.15, 0.2) is 30.3 Å². The lowest BCUT2D eigenvalue weighted by Crippen LogP contribution is -2.39. The molecule has 0 radical (unpaired) electrons. The van der Waals surface area contributed by atoms with Crippen molar-refractivity contribution in [2.75, 3.05) is 19.6 Å². The highest BCUT2D eigenvalue weighted by molar-refractivity contribution is 5.84. The highest BCUT2D eigenvalue weighted by atomic mass is 16.6. The van der Waals surface area contributed by atoms with Crippen LogP contribution in [0, 0.1) is 6.92 Å². The van der Waals surface area contributed by atoms with Crippen molar-refractivity contribution in [3.63, 3.8) is 0 Å². The number of carbonyl (C=O) groups is 1. The topological polar surface area (TPSA) is 41.6 Å². The lowest BCUT2D eigenvalue weighted by Gasteiger charge is -2.42. The maximum Gasteiger partial charge on any atom is 0.412 e. The molecule has 2 aromatic rings. The minimum absolute atomic E-state index is 0.363. The summed E-state index contributed by atoms with van der Waals surface area (Å²) in [5.41, 5.74) is 7.52. The fraction of sp³-hybridized carbons (Fsp3) is 0.458. The van der Waals surface area contributed by atoms with Gasteiger partial charge in [-0.15, -0.1) is 0 Å². The largest absolute Gasteiger partial charge is 0.412 e. The predicted molar refractivity (Wildman–Crippen MR) is 113 cm³/mol. The molecular formula is C24H30N2O2. The van der Waals surface area contributed by atoms with E-state index in [1.165, 1.54) is 28.7 Å². The van der Waals surface area contributed by atoms with E-state index in [1.54, 1.807) is 0 Å². The first-order valence-corrected chi connectivity index (χ1v) is 10.6. The van der Waals surface area contributed by atoms with Gasteiger partial charge in [0.15, 0.2) is 0 Å². The fourth-order valence-electron chi connectivity index (χ4n) is 4.72. The van der Waals surface area contributed by atoms with Gasteiger partial charge >= 0.3 is 6.09 Å². The quantitative estimate of drug-likeness (QED) is 0.794. The molecule has 4 heteroatoms. The third kappa shape index (κ3) is 3.30. The monoisotopic (exact) mass is 378 g/mol. The number of hydrogen-bond donors (Lipinski definition) is 1. The van der Waals surface area contributed by atoms with E-state index >= 15 is 0 Å². The van der Waals surface area contributed by atoms with E-state index in [1.807, 2.05) is 13.8 Å². The molecule has 2 aromatic carbocycles. The molecule has 4 nitrogen and oxygen atoms in total. The molecule has 0 spiro atoms. The van der Waals surface area contributed by atoms with Crippen LogP contribution in [-0.4, -0.2) is 30.6 Å². The first kappa shape index (κ1) is 19.0. The number of amides is 1. The predicted octanol–water partition coefficient (Wildman–Crippen LogP) is 5.03. The van der Waals surface area contributed by atoms with Gasteiger partial charge in [0.25, 0.3) is 0 Å². The lowest BCUT2D eigenvalue weighted by atomic mass is 9.76. The molecule has 148 valence electrons. The van der Waals surface area contributed by atoms with Crippen molar-refractivity contribution < 1.29 is 9.53 Å². The van der Waals surface area contributed by atoms with Crippen LogP contribution in [0.25, 0.3) is 11.1 Å². The highest BCUT2D eigenvalue weighted by Crippen LogP contribution is 2.49. The van der Waals surface area contributed by atoms with Crippen LogP contribution < -0.4 is 10.1 Å². The molecule has 0 fully saturated rings. The average molecular weight is 379 g/mol. The number of benzene rings is 2. The normalized spacial score (nSPS) is 17.6. The van der Waals surface area contributed by atoms with Crippen LogP contribution in [0.4, 0.5) is 4.79 Å². The van der Waals surface area contributed by atoms with Crippen molar-refractivity contribution in [3.8, 4) is 16.9 Å². The first-order chi connectivity index (χ1) is 13.6. The van der Waals surface area contributed by atoms with Crippen molar-refractivity contribution in [1.82, 2.24) is 10.2 Å². The third-order valence-electron chi connectivity index (χ3n) is 5.99. The number of carbonyl (C=O) groups excluding carboxylic acids is 1. The summed E-state index contributed by atoms with van der Waals surface area (Å²) >= 11 is 0. The molecule has 1 heterocycles. The maximum absolute atomic E-state index is 12.3. The van der Waals surface area contributed by atoms with Gasteiger partial charge in [0.1, 0.15) is 5.75 Å². The zero-order chi connectivity index (χ0) is 19.7. The van der Waals surface area contributed by atoms with E-state index in [0.717, 1.165) is 43.5 Å². The standard InChI is InChI=1S/C24H30N2O2/c1-4-12-25-24(27)28-23-16(3)9-10-18-15-20-21-17(11-14-26(20)13-5-2)7-6-8-19(21)22(18)23/h6-10,20H,4-5,11-15H2,1-3H3,(H,25,27). The number of fused-ring (bicyclic) bond motifs is 2. The van der Waals surface area contributed by atoms with Gasteiger partial charge in [-0.3, -0.25) is 4.90 Å². The first-order valence-electron chi connectivity index (χ1n) is 10.6. The summed E-state index contributed by atoms with van der Waals surface area (Å²) in [5.74, 6) is 0.713. The molecule has 0 bridgehead atoms. The van der Waals surface area contributed by atoms with E-state index < -0.39 is 0 Å². The molecule has 0 saturated carbocycles. The Hall–Kier alpha value is -2.33. The Kier molecular flexibility index (Phi) is 5.40. The maximum atomic E-state index is 12.3.